The summed E-state index contributed by atoms with van der Waals surface area (Å²) < 4.78 is 18.2. The van der Waals surface area contributed by atoms with Gasteiger partial charge in [0, 0.05) is 20.1 Å². The van der Waals surface area contributed by atoms with Crippen LogP contribution in [0.3, 0.4) is 0 Å². The summed E-state index contributed by atoms with van der Waals surface area (Å²) in [6.45, 7) is 1.24. The molecule has 0 saturated heterocycles. The van der Waals surface area contributed by atoms with E-state index in [9.17, 15) is 4.39 Å². The van der Waals surface area contributed by atoms with Crippen molar-refractivity contribution in [2.45, 2.75) is 13.1 Å². The third-order valence-corrected chi connectivity index (χ3v) is 4.17. The number of methoxy groups -OCH3 is 1. The van der Waals surface area contributed by atoms with Crippen LogP contribution in [0.15, 0.2) is 65.7 Å². The van der Waals surface area contributed by atoms with Gasteiger partial charge < -0.3 is 15.4 Å². The summed E-state index contributed by atoms with van der Waals surface area (Å²) in [5, 5.41) is 8.83. The molecule has 0 heterocycles. The van der Waals surface area contributed by atoms with Crippen molar-refractivity contribution in [1.82, 2.24) is 10.6 Å². The van der Waals surface area contributed by atoms with Gasteiger partial charge in [-0.2, -0.15) is 0 Å². The van der Waals surface area contributed by atoms with Crippen LogP contribution in [0.5, 0.6) is 5.75 Å². The monoisotopic (exact) mass is 479 g/mol. The highest BCUT2D eigenvalue weighted by molar-refractivity contribution is 14.0. The SMILES string of the molecule is CN=C(NCc1ccc(F)cc1)NCc1ccc2cc(OC)ccc2c1.I. The average molecular weight is 479 g/mol. The number of hydrogen-bond donors (Lipinski definition) is 2. The summed E-state index contributed by atoms with van der Waals surface area (Å²) in [7, 11) is 3.40. The fraction of sp³-hybridized carbons (Fsp3) is 0.190. The minimum atomic E-state index is -0.231. The van der Waals surface area contributed by atoms with Crippen molar-refractivity contribution >= 4 is 40.7 Å². The van der Waals surface area contributed by atoms with Crippen molar-refractivity contribution in [2.24, 2.45) is 4.99 Å². The van der Waals surface area contributed by atoms with Crippen LogP contribution in [0, 0.1) is 5.82 Å². The first kappa shape index (κ1) is 21.0. The fourth-order valence-electron chi connectivity index (χ4n) is 2.70. The Bertz CT molecular complexity index is 913. The van der Waals surface area contributed by atoms with E-state index in [-0.39, 0.29) is 29.8 Å². The van der Waals surface area contributed by atoms with Crippen LogP contribution in [-0.4, -0.2) is 20.1 Å². The van der Waals surface area contributed by atoms with Crippen molar-refractivity contribution in [3.63, 3.8) is 0 Å². The molecular formula is C21H23FIN3O. The summed E-state index contributed by atoms with van der Waals surface area (Å²) >= 11 is 0. The van der Waals surface area contributed by atoms with Gasteiger partial charge in [-0.25, -0.2) is 4.39 Å². The van der Waals surface area contributed by atoms with E-state index in [2.05, 4.69) is 39.9 Å². The number of halogens is 2. The Morgan fingerprint density at radius 2 is 1.48 bits per heavy atom. The first-order valence-electron chi connectivity index (χ1n) is 8.43. The van der Waals surface area contributed by atoms with Gasteiger partial charge >= 0.3 is 0 Å². The molecule has 0 bridgehead atoms. The molecule has 0 atom stereocenters. The molecule has 2 N–H and O–H groups in total. The van der Waals surface area contributed by atoms with Crippen molar-refractivity contribution in [3.05, 3.63) is 77.6 Å². The average Bonchev–Trinajstić information content (AvgIpc) is 2.69. The summed E-state index contributed by atoms with van der Waals surface area (Å²) in [4.78, 5) is 4.22. The second-order valence-electron chi connectivity index (χ2n) is 5.95. The lowest BCUT2D eigenvalue weighted by atomic mass is 10.1. The Morgan fingerprint density at radius 3 is 2.15 bits per heavy atom. The largest absolute Gasteiger partial charge is 0.497 e. The highest BCUT2D eigenvalue weighted by Crippen LogP contribution is 2.21. The number of ether oxygens (including phenoxy) is 1. The standard InChI is InChI=1S/C21H22FN3O.HI/c1-23-21(24-13-15-4-8-19(22)9-5-15)25-14-16-3-6-18-12-20(26-2)10-7-17(18)11-16;/h3-12H,13-14H2,1-2H3,(H2,23,24,25);1H. The van der Waals surface area contributed by atoms with Crippen LogP contribution in [0.2, 0.25) is 0 Å². The van der Waals surface area contributed by atoms with Crippen molar-refractivity contribution in [1.29, 1.82) is 0 Å². The summed E-state index contributed by atoms with van der Waals surface area (Å²) in [5.74, 6) is 1.32. The molecule has 0 amide bonds. The zero-order chi connectivity index (χ0) is 18.4. The minimum Gasteiger partial charge on any atom is -0.497 e. The molecular weight excluding hydrogens is 456 g/mol. The van der Waals surface area contributed by atoms with Crippen LogP contribution in [0.4, 0.5) is 4.39 Å². The van der Waals surface area contributed by atoms with Gasteiger partial charge in [0.05, 0.1) is 7.11 Å². The summed E-state index contributed by atoms with van der Waals surface area (Å²) in [6, 6.07) is 18.8. The van der Waals surface area contributed by atoms with Crippen LogP contribution < -0.4 is 15.4 Å². The Kier molecular flexibility index (Phi) is 7.84. The predicted molar refractivity (Wildman–Crippen MR) is 119 cm³/mol. The molecule has 3 rings (SSSR count). The molecule has 0 saturated carbocycles. The van der Waals surface area contributed by atoms with Crippen LogP contribution >= 0.6 is 24.0 Å². The maximum atomic E-state index is 13.0. The van der Waals surface area contributed by atoms with Gasteiger partial charge in [-0.1, -0.05) is 30.3 Å². The van der Waals surface area contributed by atoms with Gasteiger partial charge in [-0.15, -0.1) is 24.0 Å². The Labute approximate surface area is 175 Å². The quantitative estimate of drug-likeness (QED) is 0.323. The molecule has 0 unspecified atom stereocenters. The van der Waals surface area contributed by atoms with E-state index in [0.29, 0.717) is 19.0 Å². The number of nitrogens with one attached hydrogen (secondary N) is 2. The zero-order valence-corrected chi connectivity index (χ0v) is 17.7. The van der Waals surface area contributed by atoms with Gasteiger partial charge in [0.2, 0.25) is 0 Å². The summed E-state index contributed by atoms with van der Waals surface area (Å²) in [6.07, 6.45) is 0. The topological polar surface area (TPSA) is 45.7 Å². The first-order chi connectivity index (χ1) is 12.7. The molecule has 3 aromatic rings. The number of rotatable bonds is 5. The molecule has 0 aliphatic heterocycles. The van der Waals surface area contributed by atoms with E-state index in [1.54, 1.807) is 26.3 Å². The molecule has 27 heavy (non-hydrogen) atoms. The lowest BCUT2D eigenvalue weighted by molar-refractivity contribution is 0.415. The number of benzene rings is 3. The molecule has 0 fully saturated rings. The molecule has 0 spiro atoms. The smallest absolute Gasteiger partial charge is 0.191 e. The second kappa shape index (κ2) is 10.1. The molecule has 0 aliphatic carbocycles. The molecule has 0 aliphatic rings. The molecule has 0 radical (unpaired) electrons. The van der Waals surface area contributed by atoms with Gasteiger partial charge in [0.25, 0.3) is 0 Å². The number of guanidine groups is 1. The Morgan fingerprint density at radius 1 is 0.889 bits per heavy atom. The highest BCUT2D eigenvalue weighted by atomic mass is 127. The number of nitrogens with zero attached hydrogens (tertiary/aromatic N) is 1. The highest BCUT2D eigenvalue weighted by Gasteiger charge is 2.02. The third-order valence-electron chi connectivity index (χ3n) is 4.17. The number of aliphatic imine (C=N–C) groups is 1. The number of fused-ring (bicyclic) bond motifs is 1. The van der Waals surface area contributed by atoms with E-state index >= 15 is 0 Å². The number of hydrogen-bond acceptors (Lipinski definition) is 2. The van der Waals surface area contributed by atoms with Crippen LogP contribution in [-0.2, 0) is 13.1 Å². The van der Waals surface area contributed by atoms with E-state index in [4.69, 9.17) is 4.74 Å². The van der Waals surface area contributed by atoms with Crippen molar-refractivity contribution in [2.75, 3.05) is 14.2 Å². The van der Waals surface area contributed by atoms with E-state index in [1.807, 2.05) is 12.1 Å². The third kappa shape index (κ3) is 5.82. The van der Waals surface area contributed by atoms with E-state index in [0.717, 1.165) is 22.3 Å². The van der Waals surface area contributed by atoms with Crippen LogP contribution in [0.25, 0.3) is 10.8 Å². The molecule has 3 aromatic carbocycles. The van der Waals surface area contributed by atoms with Crippen molar-refractivity contribution in [3.8, 4) is 5.75 Å². The zero-order valence-electron chi connectivity index (χ0n) is 15.3. The maximum Gasteiger partial charge on any atom is 0.191 e. The van der Waals surface area contributed by atoms with Crippen molar-refractivity contribution < 1.29 is 9.13 Å². The van der Waals surface area contributed by atoms with Gasteiger partial charge in [0.15, 0.2) is 5.96 Å². The molecule has 6 heteroatoms. The van der Waals surface area contributed by atoms with Gasteiger partial charge in [-0.05, 0) is 52.2 Å². The lowest BCUT2D eigenvalue weighted by Gasteiger charge is -2.12. The fourth-order valence-corrected chi connectivity index (χ4v) is 2.70. The van der Waals surface area contributed by atoms with E-state index in [1.165, 1.54) is 17.5 Å². The predicted octanol–water partition coefficient (Wildman–Crippen LogP) is 4.47. The van der Waals surface area contributed by atoms with Crippen LogP contribution in [0.1, 0.15) is 11.1 Å². The van der Waals surface area contributed by atoms with E-state index < -0.39 is 0 Å². The first-order valence-corrected chi connectivity index (χ1v) is 8.43. The lowest BCUT2D eigenvalue weighted by Crippen LogP contribution is -2.36. The molecule has 4 nitrogen and oxygen atoms in total. The second-order valence-corrected chi connectivity index (χ2v) is 5.95. The molecule has 0 aromatic heterocycles. The minimum absolute atomic E-state index is 0. The Balaban J connectivity index is 0.00000261. The van der Waals surface area contributed by atoms with Gasteiger partial charge in [-0.3, -0.25) is 4.99 Å². The molecule has 142 valence electrons. The summed E-state index contributed by atoms with van der Waals surface area (Å²) in [5.41, 5.74) is 2.15. The van der Waals surface area contributed by atoms with Gasteiger partial charge in [0.1, 0.15) is 11.6 Å². The Hall–Kier alpha value is -2.35. The maximum absolute atomic E-state index is 13.0. The normalized spacial score (nSPS) is 11.0.